The molecule has 0 saturated carbocycles. The van der Waals surface area contributed by atoms with Gasteiger partial charge in [-0.3, -0.25) is 4.79 Å². The number of hydrogen-bond donors (Lipinski definition) is 1. The Morgan fingerprint density at radius 3 is 2.68 bits per heavy atom. The summed E-state index contributed by atoms with van der Waals surface area (Å²) in [5.41, 5.74) is 3.55. The van der Waals surface area contributed by atoms with Gasteiger partial charge in [-0.15, -0.1) is 0 Å². The maximum atomic E-state index is 12.7. The van der Waals surface area contributed by atoms with Crippen LogP contribution in [-0.4, -0.2) is 30.5 Å². The van der Waals surface area contributed by atoms with Crippen LogP contribution >= 0.6 is 0 Å². The minimum absolute atomic E-state index is 0.0542. The van der Waals surface area contributed by atoms with Crippen LogP contribution in [0, 0.1) is 6.92 Å². The highest BCUT2D eigenvalue weighted by Crippen LogP contribution is 2.35. The van der Waals surface area contributed by atoms with Crippen LogP contribution in [0.2, 0.25) is 0 Å². The number of benzene rings is 1. The molecule has 1 heterocycles. The van der Waals surface area contributed by atoms with Crippen molar-refractivity contribution >= 4 is 11.8 Å². The van der Waals surface area contributed by atoms with E-state index >= 15 is 0 Å². The van der Waals surface area contributed by atoms with E-state index in [1.54, 1.807) is 14.0 Å². The van der Waals surface area contributed by atoms with Gasteiger partial charge in [-0.1, -0.05) is 24.8 Å². The lowest BCUT2D eigenvalue weighted by Crippen LogP contribution is -2.18. The van der Waals surface area contributed by atoms with Crippen molar-refractivity contribution in [3.63, 3.8) is 0 Å². The first-order valence-electron chi connectivity index (χ1n) is 8.21. The molecule has 0 aliphatic heterocycles. The average molecular weight is 339 g/mol. The molecule has 130 valence electrons. The first-order valence-corrected chi connectivity index (χ1v) is 8.21. The Bertz CT molecular complexity index is 817. The summed E-state index contributed by atoms with van der Waals surface area (Å²) in [4.78, 5) is 27.9. The number of nitrogens with one attached hydrogen (secondary N) is 1. The molecule has 1 atom stereocenters. The minimum atomic E-state index is -0.458. The fourth-order valence-electron chi connectivity index (χ4n) is 3.36. The van der Waals surface area contributed by atoms with Gasteiger partial charge in [-0.25, -0.2) is 4.79 Å². The van der Waals surface area contributed by atoms with Gasteiger partial charge in [0.25, 0.3) is 0 Å². The highest BCUT2D eigenvalue weighted by Gasteiger charge is 2.32. The average Bonchev–Trinajstić information content (AvgIpc) is 2.97. The highest BCUT2D eigenvalue weighted by molar-refractivity contribution is 6.03. The van der Waals surface area contributed by atoms with Gasteiger partial charge in [0.05, 0.1) is 7.11 Å². The van der Waals surface area contributed by atoms with Crippen LogP contribution in [0.3, 0.4) is 0 Å². The first-order chi connectivity index (χ1) is 12.0. The molecule has 5 heteroatoms. The number of Topliss-reactive ketones (excluding diaryl/α,β-unsaturated/α-hetero) is 1. The van der Waals surface area contributed by atoms with E-state index in [0.29, 0.717) is 29.7 Å². The smallest absolute Gasteiger partial charge is 0.355 e. The van der Waals surface area contributed by atoms with Crippen molar-refractivity contribution in [3.05, 3.63) is 65.0 Å². The molecule has 1 aromatic heterocycles. The van der Waals surface area contributed by atoms with Gasteiger partial charge in [0.2, 0.25) is 0 Å². The number of fused-ring (bicyclic) bond motifs is 1. The van der Waals surface area contributed by atoms with Crippen molar-refractivity contribution in [2.75, 3.05) is 13.7 Å². The Balaban J connectivity index is 1.88. The normalized spacial score (nSPS) is 16.2. The van der Waals surface area contributed by atoms with Crippen molar-refractivity contribution < 1.29 is 19.1 Å². The largest absolute Gasteiger partial charge is 0.497 e. The molecular weight excluding hydrogens is 318 g/mol. The van der Waals surface area contributed by atoms with Gasteiger partial charge in [0.15, 0.2) is 5.78 Å². The van der Waals surface area contributed by atoms with Crippen LogP contribution in [-0.2, 0) is 11.2 Å². The molecule has 0 amide bonds. The molecule has 1 aliphatic carbocycles. The Hall–Kier alpha value is -2.82. The van der Waals surface area contributed by atoms with Crippen LogP contribution in [0.1, 0.15) is 50.0 Å². The van der Waals surface area contributed by atoms with Gasteiger partial charge in [0.1, 0.15) is 18.1 Å². The summed E-state index contributed by atoms with van der Waals surface area (Å²) in [5, 5.41) is 0. The molecule has 1 aliphatic rings. The minimum Gasteiger partial charge on any atom is -0.497 e. The second kappa shape index (κ2) is 6.97. The van der Waals surface area contributed by atoms with E-state index in [1.165, 1.54) is 6.08 Å². The predicted octanol–water partition coefficient (Wildman–Crippen LogP) is 3.59. The molecule has 2 aromatic rings. The van der Waals surface area contributed by atoms with Crippen molar-refractivity contribution in [2.45, 2.75) is 25.7 Å². The number of aromatic amines is 1. The van der Waals surface area contributed by atoms with Crippen LogP contribution < -0.4 is 4.74 Å². The molecule has 25 heavy (non-hydrogen) atoms. The maximum Gasteiger partial charge on any atom is 0.355 e. The quantitative estimate of drug-likeness (QED) is 0.668. The number of ether oxygens (including phenoxy) is 2. The van der Waals surface area contributed by atoms with Crippen molar-refractivity contribution in [2.24, 2.45) is 0 Å². The van der Waals surface area contributed by atoms with E-state index < -0.39 is 5.97 Å². The lowest BCUT2D eigenvalue weighted by Gasteiger charge is -2.22. The lowest BCUT2D eigenvalue weighted by molar-refractivity contribution is 0.0542. The number of rotatable bonds is 5. The monoisotopic (exact) mass is 339 g/mol. The maximum absolute atomic E-state index is 12.7. The number of carbonyl (C=O) groups is 2. The Morgan fingerprint density at radius 2 is 2.04 bits per heavy atom. The summed E-state index contributed by atoms with van der Waals surface area (Å²) >= 11 is 0. The fraction of sp³-hybridized carbons (Fsp3) is 0.300. The second-order valence-electron chi connectivity index (χ2n) is 6.17. The summed E-state index contributed by atoms with van der Waals surface area (Å²) in [5.74, 6) is 0.467. The van der Waals surface area contributed by atoms with Crippen molar-refractivity contribution in [3.8, 4) is 5.75 Å². The van der Waals surface area contributed by atoms with E-state index in [9.17, 15) is 9.59 Å². The standard InChI is InChI=1S/C20H21NO4/c1-4-9-25-20(23)19-12(2)18-16(21-19)10-14(11-17(18)22)13-5-7-15(24-3)8-6-13/h4-8,14,21H,1,9-11H2,2-3H3. The molecule has 0 radical (unpaired) electrons. The van der Waals surface area contributed by atoms with Crippen LogP contribution in [0.4, 0.5) is 0 Å². The van der Waals surface area contributed by atoms with E-state index in [4.69, 9.17) is 9.47 Å². The van der Waals surface area contributed by atoms with Crippen molar-refractivity contribution in [1.82, 2.24) is 4.98 Å². The second-order valence-corrected chi connectivity index (χ2v) is 6.17. The molecule has 5 nitrogen and oxygen atoms in total. The van der Waals surface area contributed by atoms with Crippen LogP contribution in [0.5, 0.6) is 5.75 Å². The third kappa shape index (κ3) is 3.22. The summed E-state index contributed by atoms with van der Waals surface area (Å²) in [6, 6.07) is 7.76. The number of aromatic nitrogens is 1. The molecule has 0 bridgehead atoms. The van der Waals surface area contributed by atoms with Gasteiger partial charge < -0.3 is 14.5 Å². The number of H-pyrrole nitrogens is 1. The van der Waals surface area contributed by atoms with E-state index in [0.717, 1.165) is 17.0 Å². The summed E-state index contributed by atoms with van der Waals surface area (Å²) in [6.07, 6.45) is 2.63. The molecule has 0 spiro atoms. The number of methoxy groups -OCH3 is 1. The molecule has 1 aromatic carbocycles. The Labute approximate surface area is 146 Å². The van der Waals surface area contributed by atoms with E-state index in [-0.39, 0.29) is 18.3 Å². The number of esters is 1. The third-order valence-corrected chi connectivity index (χ3v) is 4.61. The third-order valence-electron chi connectivity index (χ3n) is 4.61. The summed E-state index contributed by atoms with van der Waals surface area (Å²) in [6.45, 7) is 5.46. The molecule has 0 fully saturated rings. The van der Waals surface area contributed by atoms with Gasteiger partial charge in [0, 0.05) is 17.7 Å². The predicted molar refractivity (Wildman–Crippen MR) is 94.4 cm³/mol. The van der Waals surface area contributed by atoms with Gasteiger partial charge >= 0.3 is 5.97 Å². The topological polar surface area (TPSA) is 68.4 Å². The molecule has 0 saturated heterocycles. The van der Waals surface area contributed by atoms with E-state index in [2.05, 4.69) is 11.6 Å². The SMILES string of the molecule is C=CCOC(=O)c1[nH]c2c(c1C)C(=O)CC(c1ccc(OC)cc1)C2. The van der Waals surface area contributed by atoms with E-state index in [1.807, 2.05) is 24.3 Å². The molecule has 1 N–H and O–H groups in total. The lowest BCUT2D eigenvalue weighted by atomic mass is 9.81. The van der Waals surface area contributed by atoms with Crippen LogP contribution in [0.25, 0.3) is 0 Å². The van der Waals surface area contributed by atoms with Crippen LogP contribution in [0.15, 0.2) is 36.9 Å². The first kappa shape index (κ1) is 17.0. The Morgan fingerprint density at radius 1 is 1.32 bits per heavy atom. The number of ketones is 1. The summed E-state index contributed by atoms with van der Waals surface area (Å²) in [7, 11) is 1.63. The molecular formula is C20H21NO4. The number of carbonyl (C=O) groups excluding carboxylic acids is 2. The van der Waals surface area contributed by atoms with Gasteiger partial charge in [-0.05, 0) is 42.5 Å². The highest BCUT2D eigenvalue weighted by atomic mass is 16.5. The fourth-order valence-corrected chi connectivity index (χ4v) is 3.36. The zero-order valence-electron chi connectivity index (χ0n) is 14.4. The molecule has 3 rings (SSSR count). The van der Waals surface area contributed by atoms with Gasteiger partial charge in [-0.2, -0.15) is 0 Å². The number of hydrogen-bond acceptors (Lipinski definition) is 4. The van der Waals surface area contributed by atoms with Crippen molar-refractivity contribution in [1.29, 1.82) is 0 Å². The summed E-state index contributed by atoms with van der Waals surface area (Å²) < 4.78 is 10.3. The zero-order chi connectivity index (χ0) is 18.0. The molecule has 1 unspecified atom stereocenters. The zero-order valence-corrected chi connectivity index (χ0v) is 14.4. The Kier molecular flexibility index (Phi) is 4.74.